The van der Waals surface area contributed by atoms with Crippen molar-refractivity contribution in [2.24, 2.45) is 7.05 Å². The molecule has 0 amide bonds. The normalized spacial score (nSPS) is 11.1. The smallest absolute Gasteiger partial charge is 0.343 e. The fourth-order valence-electron chi connectivity index (χ4n) is 1.75. The first kappa shape index (κ1) is 13.1. The van der Waals surface area contributed by atoms with Gasteiger partial charge in [0.15, 0.2) is 5.16 Å². The van der Waals surface area contributed by atoms with Crippen molar-refractivity contribution in [3.8, 4) is 0 Å². The molecule has 0 radical (unpaired) electrons. The summed E-state index contributed by atoms with van der Waals surface area (Å²) in [5, 5.41) is 13.1. The van der Waals surface area contributed by atoms with E-state index in [0.29, 0.717) is 16.7 Å². The third-order valence-electron chi connectivity index (χ3n) is 2.78. The predicted molar refractivity (Wildman–Crippen MR) is 80.4 cm³/mol. The minimum atomic E-state index is -0.224. The molecule has 0 aliphatic rings. The van der Waals surface area contributed by atoms with Crippen LogP contribution < -0.4 is 11.0 Å². The van der Waals surface area contributed by atoms with E-state index in [-0.39, 0.29) is 5.69 Å². The number of nitrogens with one attached hydrogen (secondary N) is 2. The van der Waals surface area contributed by atoms with Crippen LogP contribution in [0, 0.1) is 0 Å². The van der Waals surface area contributed by atoms with Gasteiger partial charge in [-0.2, -0.15) is 0 Å². The lowest BCUT2D eigenvalue weighted by Crippen LogP contribution is -2.12. The van der Waals surface area contributed by atoms with Crippen LogP contribution in [0.3, 0.4) is 0 Å². The SMILES string of the molecule is CNc1nc(CSc2n[nH]c(=O)n2C)nc2sccc12. The Labute approximate surface area is 122 Å². The van der Waals surface area contributed by atoms with Crippen LogP contribution in [0.4, 0.5) is 5.82 Å². The van der Waals surface area contributed by atoms with Crippen LogP contribution in [-0.4, -0.2) is 31.8 Å². The lowest BCUT2D eigenvalue weighted by atomic mass is 10.4. The Morgan fingerprint density at radius 1 is 1.50 bits per heavy atom. The number of nitrogens with zero attached hydrogens (tertiary/aromatic N) is 4. The molecule has 0 saturated heterocycles. The fourth-order valence-corrected chi connectivity index (χ4v) is 3.30. The van der Waals surface area contributed by atoms with E-state index >= 15 is 0 Å². The topological polar surface area (TPSA) is 88.5 Å². The molecule has 0 aromatic carbocycles. The first-order chi connectivity index (χ1) is 9.69. The van der Waals surface area contributed by atoms with Crippen molar-refractivity contribution in [1.29, 1.82) is 0 Å². The molecule has 0 saturated carbocycles. The number of aromatic amines is 1. The fraction of sp³-hybridized carbons (Fsp3) is 0.273. The lowest BCUT2D eigenvalue weighted by molar-refractivity contribution is 0.765. The van der Waals surface area contributed by atoms with Crippen molar-refractivity contribution in [2.75, 3.05) is 12.4 Å². The van der Waals surface area contributed by atoms with Gasteiger partial charge in [-0.3, -0.25) is 4.57 Å². The van der Waals surface area contributed by atoms with Crippen LogP contribution in [-0.2, 0) is 12.8 Å². The van der Waals surface area contributed by atoms with Gasteiger partial charge in [-0.15, -0.1) is 16.4 Å². The van der Waals surface area contributed by atoms with E-state index in [2.05, 4.69) is 25.5 Å². The molecular weight excluding hydrogens is 296 g/mol. The second-order valence-electron chi connectivity index (χ2n) is 4.04. The Morgan fingerprint density at radius 3 is 3.05 bits per heavy atom. The summed E-state index contributed by atoms with van der Waals surface area (Å²) in [5.74, 6) is 2.09. The van der Waals surface area contributed by atoms with Gasteiger partial charge in [-0.1, -0.05) is 11.8 Å². The molecular formula is C11H12N6OS2. The molecule has 3 rings (SSSR count). The Hall–Kier alpha value is -1.87. The van der Waals surface area contributed by atoms with E-state index in [1.54, 1.807) is 18.4 Å². The molecule has 7 nitrogen and oxygen atoms in total. The molecule has 0 bridgehead atoms. The Bertz CT molecular complexity index is 805. The maximum Gasteiger partial charge on any atom is 0.343 e. The van der Waals surface area contributed by atoms with Gasteiger partial charge in [0.2, 0.25) is 0 Å². The summed E-state index contributed by atoms with van der Waals surface area (Å²) in [4.78, 5) is 21.2. The minimum absolute atomic E-state index is 0.224. The zero-order valence-corrected chi connectivity index (χ0v) is 12.5. The molecule has 0 aliphatic carbocycles. The Morgan fingerprint density at radius 2 is 2.35 bits per heavy atom. The minimum Gasteiger partial charge on any atom is -0.372 e. The van der Waals surface area contributed by atoms with Gasteiger partial charge in [0.05, 0.1) is 11.1 Å². The van der Waals surface area contributed by atoms with E-state index in [4.69, 9.17) is 0 Å². The molecule has 0 atom stereocenters. The van der Waals surface area contributed by atoms with Gasteiger partial charge >= 0.3 is 5.69 Å². The molecule has 3 heterocycles. The van der Waals surface area contributed by atoms with Gasteiger partial charge < -0.3 is 5.32 Å². The third-order valence-corrected chi connectivity index (χ3v) is 4.61. The van der Waals surface area contributed by atoms with Crippen molar-refractivity contribution in [3.63, 3.8) is 0 Å². The standard InChI is InChI=1S/C11H12N6OS2/c1-12-8-6-3-4-19-9(6)14-7(13-8)5-20-11-16-15-10(18)17(11)2/h3-4H,5H2,1-2H3,(H,15,18)(H,12,13,14). The number of hydrogen-bond acceptors (Lipinski definition) is 7. The van der Waals surface area contributed by atoms with Crippen LogP contribution >= 0.6 is 23.1 Å². The summed E-state index contributed by atoms with van der Waals surface area (Å²) in [5.41, 5.74) is -0.224. The summed E-state index contributed by atoms with van der Waals surface area (Å²) in [6.45, 7) is 0. The maximum absolute atomic E-state index is 11.3. The van der Waals surface area contributed by atoms with Gasteiger partial charge in [0.25, 0.3) is 0 Å². The largest absolute Gasteiger partial charge is 0.372 e. The summed E-state index contributed by atoms with van der Waals surface area (Å²) in [6, 6.07) is 2.00. The first-order valence-electron chi connectivity index (χ1n) is 5.85. The summed E-state index contributed by atoms with van der Waals surface area (Å²) >= 11 is 3.01. The first-order valence-corrected chi connectivity index (χ1v) is 7.71. The van der Waals surface area contributed by atoms with Crippen molar-refractivity contribution >= 4 is 39.1 Å². The van der Waals surface area contributed by atoms with Gasteiger partial charge in [0.1, 0.15) is 16.5 Å². The highest BCUT2D eigenvalue weighted by Gasteiger charge is 2.10. The van der Waals surface area contributed by atoms with Crippen molar-refractivity contribution in [3.05, 3.63) is 27.8 Å². The monoisotopic (exact) mass is 308 g/mol. The molecule has 9 heteroatoms. The second-order valence-corrected chi connectivity index (χ2v) is 5.87. The number of aromatic nitrogens is 5. The molecule has 20 heavy (non-hydrogen) atoms. The van der Waals surface area contributed by atoms with Crippen LogP contribution in [0.5, 0.6) is 0 Å². The van der Waals surface area contributed by atoms with E-state index in [1.165, 1.54) is 16.3 Å². The van der Waals surface area contributed by atoms with Crippen LogP contribution in [0.2, 0.25) is 0 Å². The molecule has 0 fully saturated rings. The van der Waals surface area contributed by atoms with E-state index in [1.807, 2.05) is 18.5 Å². The zero-order chi connectivity index (χ0) is 14.1. The molecule has 3 aromatic rings. The average Bonchev–Trinajstić information content (AvgIpc) is 3.04. The Kier molecular flexibility index (Phi) is 3.45. The highest BCUT2D eigenvalue weighted by molar-refractivity contribution is 7.98. The van der Waals surface area contributed by atoms with Gasteiger partial charge in [-0.25, -0.2) is 19.9 Å². The molecule has 0 aliphatic heterocycles. The van der Waals surface area contributed by atoms with Gasteiger partial charge in [0, 0.05) is 14.1 Å². The second kappa shape index (κ2) is 5.25. The number of rotatable bonds is 4. The number of thiophene rings is 1. The Balaban J connectivity index is 1.87. The van der Waals surface area contributed by atoms with Crippen LogP contribution in [0.15, 0.2) is 21.4 Å². The summed E-state index contributed by atoms with van der Waals surface area (Å²) in [6.07, 6.45) is 0. The summed E-state index contributed by atoms with van der Waals surface area (Å²) in [7, 11) is 3.52. The average molecular weight is 308 g/mol. The van der Waals surface area contributed by atoms with Crippen LogP contribution in [0.1, 0.15) is 5.82 Å². The zero-order valence-electron chi connectivity index (χ0n) is 10.9. The molecule has 0 unspecified atom stereocenters. The summed E-state index contributed by atoms with van der Waals surface area (Å²) < 4.78 is 1.47. The number of H-pyrrole nitrogens is 1. The highest BCUT2D eigenvalue weighted by Crippen LogP contribution is 2.26. The number of anilines is 1. The third kappa shape index (κ3) is 2.29. The number of hydrogen-bond donors (Lipinski definition) is 2. The van der Waals surface area contributed by atoms with E-state index < -0.39 is 0 Å². The predicted octanol–water partition coefficient (Wildman–Crippen LogP) is 1.45. The van der Waals surface area contributed by atoms with E-state index in [9.17, 15) is 4.79 Å². The maximum atomic E-state index is 11.3. The lowest BCUT2D eigenvalue weighted by Gasteiger charge is -2.04. The molecule has 104 valence electrons. The molecule has 2 N–H and O–H groups in total. The van der Waals surface area contributed by atoms with Gasteiger partial charge in [-0.05, 0) is 11.4 Å². The van der Waals surface area contributed by atoms with E-state index in [0.717, 1.165) is 16.0 Å². The number of thioether (sulfide) groups is 1. The highest BCUT2D eigenvalue weighted by atomic mass is 32.2. The number of fused-ring (bicyclic) bond motifs is 1. The molecule has 3 aromatic heterocycles. The van der Waals surface area contributed by atoms with Crippen molar-refractivity contribution in [1.82, 2.24) is 24.7 Å². The van der Waals surface area contributed by atoms with Crippen molar-refractivity contribution < 1.29 is 0 Å². The quantitative estimate of drug-likeness (QED) is 0.709. The molecule has 0 spiro atoms. The van der Waals surface area contributed by atoms with Crippen LogP contribution in [0.25, 0.3) is 10.2 Å². The van der Waals surface area contributed by atoms with Crippen molar-refractivity contribution in [2.45, 2.75) is 10.9 Å².